The minimum Gasteiger partial charge on any atom is -0.468 e. The van der Waals surface area contributed by atoms with Crippen LogP contribution in [0.4, 0.5) is 13.2 Å². The Balaban J connectivity index is 1.84. The van der Waals surface area contributed by atoms with E-state index in [1.165, 1.54) is 12.1 Å². The molecule has 2 heterocycles. The van der Waals surface area contributed by atoms with E-state index in [1.54, 1.807) is 13.8 Å². The molecule has 158 valence electrons. The summed E-state index contributed by atoms with van der Waals surface area (Å²) in [5, 5.41) is 3.96. The number of nitrogens with two attached hydrogens (primary N) is 1. The van der Waals surface area contributed by atoms with Gasteiger partial charge in [-0.25, -0.2) is 4.98 Å². The molecule has 0 saturated carbocycles. The lowest BCUT2D eigenvalue weighted by molar-refractivity contribution is -0.154. The van der Waals surface area contributed by atoms with E-state index < -0.39 is 24.1 Å². The summed E-state index contributed by atoms with van der Waals surface area (Å²) in [6, 6.07) is 12.0. The number of aromatic nitrogens is 3. The van der Waals surface area contributed by atoms with Gasteiger partial charge in [0.2, 0.25) is 17.6 Å². The summed E-state index contributed by atoms with van der Waals surface area (Å²) in [5.41, 5.74) is 5.70. The molecule has 0 radical (unpaired) electrons. The fourth-order valence-electron chi connectivity index (χ4n) is 2.92. The van der Waals surface area contributed by atoms with Crippen LogP contribution in [0.2, 0.25) is 0 Å². The Morgan fingerprint density at radius 2 is 1.80 bits per heavy atom. The van der Waals surface area contributed by atoms with Crippen molar-refractivity contribution < 1.29 is 27.2 Å². The standard InChI is InChI=1S/C20H19F3N4O3/c1-19(2,10-15-26-18(27-30-15)12-6-4-3-5-7-12)13-8-9-14(25-16(13)17(24)28)29-11-20(21,22)23/h3-9H,10-11H2,1-2H3,(H2,24,28). The first kappa shape index (κ1) is 21.3. The van der Waals surface area contributed by atoms with Crippen LogP contribution in [-0.2, 0) is 11.8 Å². The van der Waals surface area contributed by atoms with Crippen molar-refractivity contribution in [2.24, 2.45) is 5.73 Å². The highest BCUT2D eigenvalue weighted by Gasteiger charge is 2.31. The van der Waals surface area contributed by atoms with E-state index in [-0.39, 0.29) is 18.0 Å². The summed E-state index contributed by atoms with van der Waals surface area (Å²) < 4.78 is 47.0. The number of amides is 1. The second-order valence-corrected chi connectivity index (χ2v) is 7.25. The van der Waals surface area contributed by atoms with Gasteiger partial charge in [0.1, 0.15) is 5.69 Å². The van der Waals surface area contributed by atoms with Gasteiger partial charge in [0.15, 0.2) is 6.61 Å². The van der Waals surface area contributed by atoms with Gasteiger partial charge in [0.25, 0.3) is 5.91 Å². The molecule has 0 saturated heterocycles. The van der Waals surface area contributed by atoms with E-state index in [4.69, 9.17) is 10.3 Å². The highest BCUT2D eigenvalue weighted by molar-refractivity contribution is 5.92. The summed E-state index contributed by atoms with van der Waals surface area (Å²) in [7, 11) is 0. The van der Waals surface area contributed by atoms with E-state index in [0.29, 0.717) is 17.3 Å². The van der Waals surface area contributed by atoms with Crippen LogP contribution in [0.5, 0.6) is 5.88 Å². The number of hydrogen-bond donors (Lipinski definition) is 1. The smallest absolute Gasteiger partial charge is 0.422 e. The number of benzene rings is 1. The quantitative estimate of drug-likeness (QED) is 0.625. The summed E-state index contributed by atoms with van der Waals surface area (Å²) in [6.45, 7) is 2.09. The van der Waals surface area contributed by atoms with Crippen LogP contribution in [0, 0.1) is 0 Å². The zero-order valence-electron chi connectivity index (χ0n) is 16.2. The number of ether oxygens (including phenoxy) is 1. The average molecular weight is 420 g/mol. The Hall–Kier alpha value is -3.43. The molecule has 10 heteroatoms. The number of nitrogens with zero attached hydrogens (tertiary/aromatic N) is 3. The highest BCUT2D eigenvalue weighted by Crippen LogP contribution is 2.31. The number of rotatable bonds is 7. The lowest BCUT2D eigenvalue weighted by Crippen LogP contribution is -2.28. The number of alkyl halides is 3. The molecule has 1 amide bonds. The first-order valence-corrected chi connectivity index (χ1v) is 8.94. The molecule has 0 spiro atoms. The number of carbonyl (C=O) groups is 1. The molecule has 0 unspecified atom stereocenters. The van der Waals surface area contributed by atoms with Crippen molar-refractivity contribution in [3.63, 3.8) is 0 Å². The van der Waals surface area contributed by atoms with Crippen LogP contribution in [-0.4, -0.2) is 33.8 Å². The van der Waals surface area contributed by atoms with Crippen LogP contribution in [0.25, 0.3) is 11.4 Å². The number of carbonyl (C=O) groups excluding carboxylic acids is 1. The number of hydrogen-bond acceptors (Lipinski definition) is 6. The van der Waals surface area contributed by atoms with Gasteiger partial charge in [-0.3, -0.25) is 4.79 Å². The first-order chi connectivity index (χ1) is 14.0. The van der Waals surface area contributed by atoms with E-state index in [0.717, 1.165) is 5.56 Å². The maximum atomic E-state index is 12.4. The van der Waals surface area contributed by atoms with Gasteiger partial charge < -0.3 is 15.0 Å². The molecular formula is C20H19F3N4O3. The Labute approximate surface area is 170 Å². The van der Waals surface area contributed by atoms with Crippen LogP contribution in [0.15, 0.2) is 47.0 Å². The molecule has 3 rings (SSSR count). The van der Waals surface area contributed by atoms with Gasteiger partial charge in [0.05, 0.1) is 0 Å². The van der Waals surface area contributed by atoms with Gasteiger partial charge in [-0.1, -0.05) is 55.4 Å². The molecule has 0 atom stereocenters. The minimum absolute atomic E-state index is 0.178. The minimum atomic E-state index is -4.53. The third kappa shape index (κ3) is 5.13. The predicted octanol–water partition coefficient (Wildman–Crippen LogP) is 3.69. The van der Waals surface area contributed by atoms with Crippen LogP contribution in [0.3, 0.4) is 0 Å². The lowest BCUT2D eigenvalue weighted by Gasteiger charge is -2.25. The summed E-state index contributed by atoms with van der Waals surface area (Å²) in [4.78, 5) is 20.1. The van der Waals surface area contributed by atoms with Crippen LogP contribution >= 0.6 is 0 Å². The fraction of sp³-hybridized carbons (Fsp3) is 0.300. The van der Waals surface area contributed by atoms with Crippen LogP contribution < -0.4 is 10.5 Å². The first-order valence-electron chi connectivity index (χ1n) is 8.94. The van der Waals surface area contributed by atoms with Crippen molar-refractivity contribution in [2.75, 3.05) is 6.61 Å². The molecule has 0 bridgehead atoms. The third-order valence-corrected chi connectivity index (χ3v) is 4.31. The van der Waals surface area contributed by atoms with Gasteiger partial charge in [-0.15, -0.1) is 0 Å². The van der Waals surface area contributed by atoms with Crippen molar-refractivity contribution in [1.29, 1.82) is 0 Å². The van der Waals surface area contributed by atoms with Crippen molar-refractivity contribution in [3.05, 3.63) is 59.6 Å². The normalized spacial score (nSPS) is 12.0. The van der Waals surface area contributed by atoms with Crippen LogP contribution in [0.1, 0.15) is 35.8 Å². The van der Waals surface area contributed by atoms with Crippen molar-refractivity contribution >= 4 is 5.91 Å². The zero-order chi connectivity index (χ0) is 21.9. The monoisotopic (exact) mass is 420 g/mol. The van der Waals surface area contributed by atoms with Gasteiger partial charge in [-0.2, -0.15) is 18.2 Å². The number of halogens is 3. The molecule has 0 fully saturated rings. The lowest BCUT2D eigenvalue weighted by atomic mass is 9.80. The number of primary amides is 1. The van der Waals surface area contributed by atoms with Crippen molar-refractivity contribution in [2.45, 2.75) is 31.9 Å². The number of pyridine rings is 1. The third-order valence-electron chi connectivity index (χ3n) is 4.31. The second kappa shape index (κ2) is 8.13. The maximum Gasteiger partial charge on any atom is 0.422 e. The van der Waals surface area contributed by atoms with E-state index >= 15 is 0 Å². The predicted molar refractivity (Wildman–Crippen MR) is 101 cm³/mol. The second-order valence-electron chi connectivity index (χ2n) is 7.25. The molecule has 2 N–H and O–H groups in total. The van der Waals surface area contributed by atoms with Gasteiger partial charge in [-0.05, 0) is 5.56 Å². The molecule has 1 aromatic carbocycles. The Morgan fingerprint density at radius 3 is 2.43 bits per heavy atom. The summed E-state index contributed by atoms with van der Waals surface area (Å²) in [6.07, 6.45) is -4.28. The largest absolute Gasteiger partial charge is 0.468 e. The SMILES string of the molecule is CC(C)(Cc1nc(-c2ccccc2)no1)c1ccc(OCC(F)(F)F)nc1C(N)=O. The molecule has 0 aliphatic heterocycles. The van der Waals surface area contributed by atoms with Crippen molar-refractivity contribution in [1.82, 2.24) is 15.1 Å². The highest BCUT2D eigenvalue weighted by atomic mass is 19.4. The summed E-state index contributed by atoms with van der Waals surface area (Å²) >= 11 is 0. The van der Waals surface area contributed by atoms with Crippen molar-refractivity contribution in [3.8, 4) is 17.3 Å². The zero-order valence-corrected chi connectivity index (χ0v) is 16.2. The molecular weight excluding hydrogens is 401 g/mol. The van der Waals surface area contributed by atoms with Gasteiger partial charge in [0, 0.05) is 23.5 Å². The van der Waals surface area contributed by atoms with E-state index in [2.05, 4.69) is 19.9 Å². The summed E-state index contributed by atoms with van der Waals surface area (Å²) in [5.74, 6) is -0.479. The Morgan fingerprint density at radius 1 is 1.10 bits per heavy atom. The Kier molecular flexibility index (Phi) is 5.77. The fourth-order valence-corrected chi connectivity index (χ4v) is 2.92. The molecule has 0 aliphatic rings. The molecule has 0 aliphatic carbocycles. The maximum absolute atomic E-state index is 12.4. The molecule has 2 aromatic heterocycles. The average Bonchev–Trinajstić information content (AvgIpc) is 3.14. The molecule has 30 heavy (non-hydrogen) atoms. The van der Waals surface area contributed by atoms with E-state index in [1.807, 2.05) is 30.3 Å². The van der Waals surface area contributed by atoms with E-state index in [9.17, 15) is 18.0 Å². The molecule has 3 aromatic rings. The topological polar surface area (TPSA) is 104 Å². The molecule has 7 nitrogen and oxygen atoms in total. The van der Waals surface area contributed by atoms with Gasteiger partial charge >= 0.3 is 6.18 Å². The Bertz CT molecular complexity index is 1030.